The molecule has 4 fully saturated rings. The molecule has 30 heteroatoms. The van der Waals surface area contributed by atoms with Crippen LogP contribution in [0, 0.1) is 86.5 Å². The van der Waals surface area contributed by atoms with E-state index in [2.05, 4.69) is 24.9 Å². The zero-order valence-electron chi connectivity index (χ0n) is 72.2. The minimum atomic E-state index is -0.481. The van der Waals surface area contributed by atoms with E-state index in [0.717, 1.165) is 83.5 Å². The van der Waals surface area contributed by atoms with Gasteiger partial charge in [0.25, 0.3) is 27.8 Å². The van der Waals surface area contributed by atoms with E-state index >= 15 is 0 Å². The molecule has 10 aromatic rings. The Morgan fingerprint density at radius 2 is 0.508 bits per heavy atom. The highest BCUT2D eigenvalue weighted by Crippen LogP contribution is 2.41. The van der Waals surface area contributed by atoms with Crippen LogP contribution in [0.1, 0.15) is 345 Å². The van der Waals surface area contributed by atoms with Crippen LogP contribution in [0.5, 0.6) is 0 Å². The quantitative estimate of drug-likeness (QED) is 0.0896. The van der Waals surface area contributed by atoms with Crippen molar-refractivity contribution in [3.63, 3.8) is 0 Å². The van der Waals surface area contributed by atoms with Gasteiger partial charge in [-0.2, -0.15) is 0 Å². The molecule has 0 atom stereocenters. The van der Waals surface area contributed by atoms with E-state index in [-0.39, 0.29) is 181 Å². The predicted octanol–water partition coefficient (Wildman–Crippen LogP) is 9.91. The number of carbonyl (C=O) groups excluding carboxylic acids is 10. The number of aromatic amines is 5. The lowest BCUT2D eigenvalue weighted by Crippen LogP contribution is -2.37. The molecule has 5 N–H and O–H groups in total. The number of fused-ring (bicyclic) bond motifs is 10. The number of nitrogens with one attached hydrogen (secondary N) is 5. The zero-order chi connectivity index (χ0) is 90.9. The van der Waals surface area contributed by atoms with Crippen molar-refractivity contribution in [3.05, 3.63) is 332 Å². The van der Waals surface area contributed by atoms with Crippen LogP contribution in [0.15, 0.2) is 109 Å². The van der Waals surface area contributed by atoms with E-state index in [0.29, 0.717) is 99.1 Å². The summed E-state index contributed by atoms with van der Waals surface area (Å²) >= 11 is 0. The van der Waals surface area contributed by atoms with Gasteiger partial charge >= 0.3 is 0 Å². The van der Waals surface area contributed by atoms with Gasteiger partial charge in [0.15, 0.2) is 28.9 Å². The monoisotopic (exact) mass is 1710 g/mol. The van der Waals surface area contributed by atoms with Gasteiger partial charge in [-0.3, -0.25) is 95.9 Å². The molecule has 9 aliphatic rings. The molecule has 10 aromatic heterocycles. The Morgan fingerprint density at radius 3 is 0.802 bits per heavy atom. The SMILES string of the molecule is Cc1cc(=O)[nH]c2c1C(=O)c1c(C)cc(=O)n(C3CC3)c1C2=O.Cc1cc(=O)[nH]c2c1C(=O)c1c(C)cc(=O)n(C3CCCCCCC3)c1C2=O.Cc1cc(=O)[nH]c2c1C(=O)c1c(C)cc(=O)n(CC3CC3)c1C2=O.Cc1cc(=O)[nH]c2c1C(=O)c1c(C)cc(=O)n(CCC(C)(C)C)c1C2=O.Cc1cc(=O)[nH]c2c1C(=O)c1c(C)cc(=O)n(CCC3CC3)c1C2=O. The molecule has 0 unspecified atom stereocenters. The number of pyridine rings is 10. The molecule has 4 saturated carbocycles. The number of carbonyl (C=O) groups is 10. The van der Waals surface area contributed by atoms with Gasteiger partial charge in [0.1, 0.15) is 56.9 Å². The normalized spacial score (nSPS) is 15.9. The summed E-state index contributed by atoms with van der Waals surface area (Å²) in [5.74, 6) is -2.88. The Bertz CT molecular complexity index is 7270. The lowest BCUT2D eigenvalue weighted by molar-refractivity contribution is 0.0962. The molecule has 0 aliphatic heterocycles. The highest BCUT2D eigenvalue weighted by Gasteiger charge is 2.44. The van der Waals surface area contributed by atoms with Crippen molar-refractivity contribution < 1.29 is 47.9 Å². The lowest BCUT2D eigenvalue weighted by Gasteiger charge is -2.29. The maximum atomic E-state index is 13.4. The maximum absolute atomic E-state index is 13.4. The van der Waals surface area contributed by atoms with E-state index in [1.54, 1.807) is 69.2 Å². The van der Waals surface area contributed by atoms with E-state index < -0.39 is 56.7 Å². The van der Waals surface area contributed by atoms with Crippen LogP contribution < -0.4 is 55.6 Å². The molecular formula is C96H94N10O20. The number of aromatic nitrogens is 10. The maximum Gasteiger partial charge on any atom is 0.251 e. The molecule has 10 heterocycles. The first-order valence-corrected chi connectivity index (χ1v) is 42.5. The fraction of sp³-hybridized carbons (Fsp3) is 0.375. The Labute approximate surface area is 717 Å². The fourth-order valence-electron chi connectivity index (χ4n) is 18.4. The third-order valence-corrected chi connectivity index (χ3v) is 25.1. The summed E-state index contributed by atoms with van der Waals surface area (Å²) in [7, 11) is 0. The van der Waals surface area contributed by atoms with Gasteiger partial charge in [0.2, 0.25) is 56.7 Å². The summed E-state index contributed by atoms with van der Waals surface area (Å²) in [6.45, 7) is 23.9. The number of aryl methyl sites for hydroxylation is 10. The van der Waals surface area contributed by atoms with Crippen LogP contribution in [-0.4, -0.2) is 106 Å². The van der Waals surface area contributed by atoms with Gasteiger partial charge in [-0.25, -0.2) is 0 Å². The minimum absolute atomic E-state index is 0.00657. The van der Waals surface area contributed by atoms with Crippen LogP contribution >= 0.6 is 0 Å². The zero-order valence-corrected chi connectivity index (χ0v) is 72.2. The van der Waals surface area contributed by atoms with Crippen LogP contribution in [0.4, 0.5) is 0 Å². The topological polar surface area (TPSA) is 445 Å². The standard InChI is InChI=1S/C22H24N2O4.C20H22N2O4.C19H18N2O4.C18H16N2O4.C17H14N2O4/c1-12-10-15(25)23-19-17(12)21(27)18-13(2)11-16(26)24(20(18)22(19)28)14-8-6-4-3-5-7-9-14;1-10-8-12(23)21-16-14(10)18(25)15-11(2)9-13(24)22(17(15)19(16)26)7-6-20(3,4)5;1-9-7-12(22)20-16-14(9)18(24)15-10(2)8-13(23)21(17(15)19(16)25)6-5-11-3-4-11;1-8-5-11(21)19-15-13(8)17(23)14-9(2)6-12(22)20(7-10-3-4-10)16(14)18(15)24;1-7-5-10(20)18-14-12(7)16(22)13-8(2)6-11(21)19(9-3-4-9)15(13)17(14)23/h10-11,14H,3-9H2,1-2H3,(H,23,25);8-9H,6-7H2,1-5H3,(H,21,23);7-8,11H,3-6H2,1-2H3,(H,20,22);5-6,10H,3-4,7H2,1-2H3,(H,19,21);5-6,9H,3-4H2,1-2H3,(H,18,20). The molecule has 19 rings (SSSR count). The number of ketones is 10. The fourth-order valence-corrected chi connectivity index (χ4v) is 18.4. The predicted molar refractivity (Wildman–Crippen MR) is 464 cm³/mol. The van der Waals surface area contributed by atoms with Crippen LogP contribution in [-0.2, 0) is 19.6 Å². The Morgan fingerprint density at radius 1 is 0.262 bits per heavy atom. The summed E-state index contributed by atoms with van der Waals surface area (Å²) in [5, 5.41) is 0. The molecule has 0 radical (unpaired) electrons. The number of nitrogens with zero attached hydrogens (tertiary/aromatic N) is 5. The summed E-state index contributed by atoms with van der Waals surface area (Å²) in [4.78, 5) is 265. The average molecular weight is 1710 g/mol. The highest BCUT2D eigenvalue weighted by atomic mass is 16.2. The lowest BCUT2D eigenvalue weighted by atomic mass is 9.84. The molecule has 9 aliphatic carbocycles. The van der Waals surface area contributed by atoms with Gasteiger partial charge in [0, 0.05) is 92.4 Å². The second kappa shape index (κ2) is 33.0. The highest BCUT2D eigenvalue weighted by molar-refractivity contribution is 6.31. The Kier molecular flexibility index (Phi) is 22.8. The number of hydrogen-bond donors (Lipinski definition) is 5. The van der Waals surface area contributed by atoms with Crippen molar-refractivity contribution in [2.45, 2.75) is 218 Å². The third kappa shape index (κ3) is 15.8. The van der Waals surface area contributed by atoms with Crippen LogP contribution in [0.25, 0.3) is 0 Å². The van der Waals surface area contributed by atoms with Crippen molar-refractivity contribution >= 4 is 57.8 Å². The van der Waals surface area contributed by atoms with Crippen molar-refractivity contribution in [2.24, 2.45) is 17.3 Å². The van der Waals surface area contributed by atoms with Crippen LogP contribution in [0.3, 0.4) is 0 Å². The first-order valence-electron chi connectivity index (χ1n) is 42.5. The first kappa shape index (κ1) is 87.1. The number of hydrogen-bond acceptors (Lipinski definition) is 20. The van der Waals surface area contributed by atoms with Crippen LogP contribution in [0.2, 0.25) is 0 Å². The van der Waals surface area contributed by atoms with Crippen molar-refractivity contribution in [2.75, 3.05) is 0 Å². The molecule has 126 heavy (non-hydrogen) atoms. The van der Waals surface area contributed by atoms with Gasteiger partial charge < -0.3 is 47.8 Å². The largest absolute Gasteiger partial charge is 0.318 e. The van der Waals surface area contributed by atoms with Crippen molar-refractivity contribution in [3.8, 4) is 0 Å². The summed E-state index contributed by atoms with van der Waals surface area (Å²) in [6.07, 6.45) is 14.5. The number of rotatable bonds is 9. The number of H-pyrrole nitrogens is 5. The van der Waals surface area contributed by atoms with Gasteiger partial charge in [-0.05, 0) is 193 Å². The summed E-state index contributed by atoms with van der Waals surface area (Å²) in [5.41, 5.74) is 4.31. The molecule has 0 spiro atoms. The van der Waals surface area contributed by atoms with Gasteiger partial charge in [-0.1, -0.05) is 65.7 Å². The molecule has 30 nitrogen and oxygen atoms in total. The molecule has 648 valence electrons. The van der Waals surface area contributed by atoms with Crippen molar-refractivity contribution in [1.82, 2.24) is 47.8 Å². The average Bonchev–Trinajstić information content (AvgIpc) is 1.30. The van der Waals surface area contributed by atoms with E-state index in [4.69, 9.17) is 0 Å². The minimum Gasteiger partial charge on any atom is -0.318 e. The molecular weight excluding hydrogens is 1610 g/mol. The first-order chi connectivity index (χ1) is 59.6. The molecule has 0 amide bonds. The Balaban J connectivity index is 0.000000122. The third-order valence-electron chi connectivity index (χ3n) is 25.1. The molecule has 0 aromatic carbocycles. The van der Waals surface area contributed by atoms with E-state index in [9.17, 15) is 95.9 Å². The smallest absolute Gasteiger partial charge is 0.251 e. The molecule has 0 saturated heterocycles. The second-order valence-electron chi connectivity index (χ2n) is 35.9. The van der Waals surface area contributed by atoms with Crippen molar-refractivity contribution in [1.29, 1.82) is 0 Å². The summed E-state index contributed by atoms with van der Waals surface area (Å²) in [6, 6.07) is 13.5. The molecule has 0 bridgehead atoms. The van der Waals surface area contributed by atoms with E-state index in [1.165, 1.54) is 89.9 Å². The summed E-state index contributed by atoms with van der Waals surface area (Å²) < 4.78 is 7.15. The second-order valence-corrected chi connectivity index (χ2v) is 35.9. The van der Waals surface area contributed by atoms with Gasteiger partial charge in [-0.15, -0.1) is 0 Å². The Hall–Kier alpha value is -13.8. The van der Waals surface area contributed by atoms with Gasteiger partial charge in [0.05, 0.1) is 55.6 Å². The van der Waals surface area contributed by atoms with E-state index in [1.807, 2.05) is 20.8 Å².